The van der Waals surface area contributed by atoms with Crippen molar-refractivity contribution >= 4 is 11.9 Å². The predicted molar refractivity (Wildman–Crippen MR) is 58.9 cm³/mol. The van der Waals surface area contributed by atoms with Crippen LogP contribution < -0.4 is 0 Å². The van der Waals surface area contributed by atoms with Crippen molar-refractivity contribution in [2.24, 2.45) is 11.3 Å². The fourth-order valence-electron chi connectivity index (χ4n) is 2.67. The summed E-state index contributed by atoms with van der Waals surface area (Å²) < 4.78 is 0. The number of hydrogen-bond acceptors (Lipinski definition) is 2. The summed E-state index contributed by atoms with van der Waals surface area (Å²) in [5.74, 6) is -0.726. The second-order valence-electron chi connectivity index (χ2n) is 5.29. The fourth-order valence-corrected chi connectivity index (χ4v) is 2.67. The average Bonchev–Trinajstić information content (AvgIpc) is 2.74. The van der Waals surface area contributed by atoms with Gasteiger partial charge in [-0.3, -0.25) is 4.79 Å². The van der Waals surface area contributed by atoms with Gasteiger partial charge in [-0.1, -0.05) is 13.8 Å². The molecule has 1 saturated carbocycles. The first-order valence-electron chi connectivity index (χ1n) is 6.03. The third kappa shape index (κ3) is 1.70. The molecule has 0 radical (unpaired) electrons. The number of nitrogens with zero attached hydrogens (tertiary/aromatic N) is 1. The Balaban J connectivity index is 2.03. The molecule has 1 heterocycles. The molecule has 1 aliphatic heterocycles. The summed E-state index contributed by atoms with van der Waals surface area (Å²) in [6.45, 7) is 4.82. The van der Waals surface area contributed by atoms with Crippen molar-refractivity contribution in [2.45, 2.75) is 45.6 Å². The normalized spacial score (nSPS) is 37.5. The number of rotatable bonds is 3. The van der Waals surface area contributed by atoms with Crippen LogP contribution in [0.2, 0.25) is 0 Å². The van der Waals surface area contributed by atoms with Gasteiger partial charge in [-0.2, -0.15) is 0 Å². The zero-order valence-electron chi connectivity index (χ0n) is 9.90. The maximum absolute atomic E-state index is 12.2. The van der Waals surface area contributed by atoms with Crippen molar-refractivity contribution < 1.29 is 14.7 Å². The molecule has 1 N–H and O–H groups in total. The van der Waals surface area contributed by atoms with Crippen molar-refractivity contribution in [1.82, 2.24) is 4.90 Å². The number of carboxylic acids is 1. The average molecular weight is 225 g/mol. The van der Waals surface area contributed by atoms with E-state index >= 15 is 0 Å². The summed E-state index contributed by atoms with van der Waals surface area (Å²) in [5.41, 5.74) is 0.128. The quantitative estimate of drug-likeness (QED) is 0.791. The monoisotopic (exact) mass is 225 g/mol. The third-order valence-electron chi connectivity index (χ3n) is 4.28. The molecule has 0 aromatic rings. The van der Waals surface area contributed by atoms with Crippen LogP contribution in [0.15, 0.2) is 0 Å². The number of carboxylic acid groups (broad SMARTS) is 1. The lowest BCUT2D eigenvalue weighted by Gasteiger charge is -2.22. The summed E-state index contributed by atoms with van der Waals surface area (Å²) in [6, 6.07) is -0.575. The predicted octanol–water partition coefficient (Wildman–Crippen LogP) is 1.50. The van der Waals surface area contributed by atoms with E-state index in [1.165, 1.54) is 0 Å². The van der Waals surface area contributed by atoms with Crippen LogP contribution in [0.3, 0.4) is 0 Å². The maximum Gasteiger partial charge on any atom is 0.326 e. The van der Waals surface area contributed by atoms with Gasteiger partial charge in [0.15, 0.2) is 0 Å². The number of carbonyl (C=O) groups is 2. The van der Waals surface area contributed by atoms with Gasteiger partial charge in [0, 0.05) is 12.5 Å². The molecule has 2 aliphatic rings. The second-order valence-corrected chi connectivity index (χ2v) is 5.29. The minimum absolute atomic E-state index is 0.0641. The maximum atomic E-state index is 12.2. The molecule has 0 aromatic heterocycles. The number of aliphatic carboxylic acids is 1. The SMILES string of the molecule is CCC1(C)CC1C(=O)N1CCC[C@H]1C(=O)O. The van der Waals surface area contributed by atoms with Crippen molar-refractivity contribution in [1.29, 1.82) is 0 Å². The first kappa shape index (κ1) is 11.4. The van der Waals surface area contributed by atoms with E-state index in [9.17, 15) is 9.59 Å². The van der Waals surface area contributed by atoms with Crippen LogP contribution >= 0.6 is 0 Å². The Morgan fingerprint density at radius 2 is 2.19 bits per heavy atom. The summed E-state index contributed by atoms with van der Waals surface area (Å²) in [5, 5.41) is 9.03. The van der Waals surface area contributed by atoms with Crippen LogP contribution in [0.1, 0.15) is 39.5 Å². The highest BCUT2D eigenvalue weighted by Gasteiger charge is 2.55. The molecule has 3 atom stereocenters. The van der Waals surface area contributed by atoms with Gasteiger partial charge >= 0.3 is 5.97 Å². The van der Waals surface area contributed by atoms with Crippen molar-refractivity contribution in [2.75, 3.05) is 6.54 Å². The van der Waals surface area contributed by atoms with Gasteiger partial charge in [0.1, 0.15) is 6.04 Å². The molecule has 2 fully saturated rings. The lowest BCUT2D eigenvalue weighted by molar-refractivity contribution is -0.149. The smallest absolute Gasteiger partial charge is 0.326 e. The molecule has 1 aliphatic carbocycles. The van der Waals surface area contributed by atoms with Crippen LogP contribution in [-0.2, 0) is 9.59 Å². The van der Waals surface area contributed by atoms with Crippen LogP contribution in [0, 0.1) is 11.3 Å². The third-order valence-corrected chi connectivity index (χ3v) is 4.28. The number of carbonyl (C=O) groups excluding carboxylic acids is 1. The summed E-state index contributed by atoms with van der Waals surface area (Å²) >= 11 is 0. The number of likely N-dealkylation sites (tertiary alicyclic amines) is 1. The van der Waals surface area contributed by atoms with Gasteiger partial charge in [0.2, 0.25) is 5.91 Å². The number of hydrogen-bond donors (Lipinski definition) is 1. The molecule has 2 unspecified atom stereocenters. The highest BCUT2D eigenvalue weighted by atomic mass is 16.4. The Labute approximate surface area is 95.6 Å². The molecule has 2 rings (SSSR count). The molecule has 0 spiro atoms. The largest absolute Gasteiger partial charge is 0.480 e. The van der Waals surface area contributed by atoms with Crippen LogP contribution in [0.4, 0.5) is 0 Å². The van der Waals surface area contributed by atoms with Gasteiger partial charge in [0.05, 0.1) is 0 Å². The van der Waals surface area contributed by atoms with Gasteiger partial charge in [-0.05, 0) is 31.1 Å². The minimum Gasteiger partial charge on any atom is -0.480 e. The highest BCUT2D eigenvalue weighted by Crippen LogP contribution is 2.55. The van der Waals surface area contributed by atoms with E-state index in [2.05, 4.69) is 13.8 Å². The highest BCUT2D eigenvalue weighted by molar-refractivity contribution is 5.87. The van der Waals surface area contributed by atoms with Gasteiger partial charge < -0.3 is 10.0 Å². The molecule has 16 heavy (non-hydrogen) atoms. The van der Waals surface area contributed by atoms with Gasteiger partial charge in [-0.25, -0.2) is 4.79 Å². The van der Waals surface area contributed by atoms with E-state index in [1.807, 2.05) is 0 Å². The molecule has 1 saturated heterocycles. The summed E-state index contributed by atoms with van der Waals surface area (Å²) in [4.78, 5) is 24.7. The molecule has 4 nitrogen and oxygen atoms in total. The van der Waals surface area contributed by atoms with Gasteiger partial charge in [0.25, 0.3) is 0 Å². The van der Waals surface area contributed by atoms with E-state index in [0.29, 0.717) is 13.0 Å². The van der Waals surface area contributed by atoms with Crippen molar-refractivity contribution in [3.63, 3.8) is 0 Å². The first-order chi connectivity index (χ1) is 7.49. The number of amides is 1. The van der Waals surface area contributed by atoms with Crippen LogP contribution in [0.5, 0.6) is 0 Å². The Morgan fingerprint density at radius 3 is 2.69 bits per heavy atom. The molecule has 90 valence electrons. The van der Waals surface area contributed by atoms with Crippen molar-refractivity contribution in [3.8, 4) is 0 Å². The van der Waals surface area contributed by atoms with Gasteiger partial charge in [-0.15, -0.1) is 0 Å². The molecule has 1 amide bonds. The zero-order valence-corrected chi connectivity index (χ0v) is 9.90. The lowest BCUT2D eigenvalue weighted by atomic mass is 10.0. The molecule has 4 heteroatoms. The van der Waals surface area contributed by atoms with E-state index < -0.39 is 12.0 Å². The Morgan fingerprint density at radius 1 is 1.50 bits per heavy atom. The van der Waals surface area contributed by atoms with Crippen molar-refractivity contribution in [3.05, 3.63) is 0 Å². The Kier molecular flexibility index (Phi) is 2.68. The van der Waals surface area contributed by atoms with E-state index in [4.69, 9.17) is 5.11 Å². The minimum atomic E-state index is -0.857. The second kappa shape index (κ2) is 3.75. The first-order valence-corrected chi connectivity index (χ1v) is 6.03. The molecular formula is C12H19NO3. The van der Waals surface area contributed by atoms with Crippen LogP contribution in [0.25, 0.3) is 0 Å². The summed E-state index contributed by atoms with van der Waals surface area (Å²) in [7, 11) is 0. The zero-order chi connectivity index (χ0) is 11.9. The topological polar surface area (TPSA) is 57.6 Å². The van der Waals surface area contributed by atoms with E-state index in [0.717, 1.165) is 19.3 Å². The van der Waals surface area contributed by atoms with E-state index in [1.54, 1.807) is 4.90 Å². The fraction of sp³-hybridized carbons (Fsp3) is 0.833. The van der Waals surface area contributed by atoms with Crippen LogP contribution in [-0.4, -0.2) is 34.5 Å². The standard InChI is InChI=1S/C12H19NO3/c1-3-12(2)7-8(12)10(14)13-6-4-5-9(13)11(15)16/h8-9H,3-7H2,1-2H3,(H,15,16)/t8?,9-,12?/m0/s1. The Bertz CT molecular complexity index is 328. The summed E-state index contributed by atoms with van der Waals surface area (Å²) in [6.07, 6.45) is 3.34. The molecule has 0 aromatic carbocycles. The molecule has 0 bridgehead atoms. The molecular weight excluding hydrogens is 206 g/mol. The lowest BCUT2D eigenvalue weighted by Crippen LogP contribution is -2.41. The van der Waals surface area contributed by atoms with E-state index in [-0.39, 0.29) is 17.2 Å². The Hall–Kier alpha value is -1.06.